The lowest BCUT2D eigenvalue weighted by atomic mass is 10.5. The van der Waals surface area contributed by atoms with Gasteiger partial charge in [-0.25, -0.2) is 0 Å². The van der Waals surface area contributed by atoms with Crippen molar-refractivity contribution in [3.8, 4) is 0 Å². The highest BCUT2D eigenvalue weighted by Gasteiger charge is 1.91. The van der Waals surface area contributed by atoms with E-state index in [1.807, 2.05) is 0 Å². The second-order valence-corrected chi connectivity index (χ2v) is 2.22. The van der Waals surface area contributed by atoms with Gasteiger partial charge in [-0.2, -0.15) is 0 Å². The van der Waals surface area contributed by atoms with Crippen LogP contribution in [-0.2, 0) is 14.3 Å². The van der Waals surface area contributed by atoms with Gasteiger partial charge in [0.1, 0.15) is 0 Å². The Morgan fingerprint density at radius 3 is 1.33 bits per heavy atom. The highest BCUT2D eigenvalue weighted by atomic mass is 16.5. The number of aliphatic hydroxyl groups is 1. The van der Waals surface area contributed by atoms with Crippen LogP contribution >= 0.6 is 0 Å². The van der Waals surface area contributed by atoms with Crippen molar-refractivity contribution in [2.75, 3.05) is 13.2 Å². The molecule has 0 bridgehead atoms. The minimum atomic E-state index is -0.745. The normalized spacial score (nSPS) is 6.28. The van der Waals surface area contributed by atoms with E-state index < -0.39 is 5.97 Å². The number of ether oxygens (including phenoxy) is 1. The summed E-state index contributed by atoms with van der Waals surface area (Å²) in [6.07, 6.45) is 0.702. The van der Waals surface area contributed by atoms with E-state index in [2.05, 4.69) is 4.74 Å². The van der Waals surface area contributed by atoms with Crippen molar-refractivity contribution < 1.29 is 30.0 Å². The molecule has 0 aliphatic carbocycles. The summed E-state index contributed by atoms with van der Waals surface area (Å²) in [6.45, 7) is 7.60. The lowest BCUT2D eigenvalue weighted by Crippen LogP contribution is -2.00. The second-order valence-electron chi connectivity index (χ2n) is 2.22. The molecule has 0 aromatic rings. The number of esters is 1. The third-order valence-electron chi connectivity index (χ3n) is 0.896. The second kappa shape index (κ2) is 36.0. The van der Waals surface area contributed by atoms with E-state index in [-0.39, 0.29) is 39.3 Å². The highest BCUT2D eigenvalue weighted by molar-refractivity contribution is 5.68. The monoisotopic (exact) mass is 272 g/mol. The average molecular weight is 272 g/mol. The zero-order valence-electron chi connectivity index (χ0n) is 10.4. The number of hydrogen-bond acceptors (Lipinski definition) is 4. The first-order valence-corrected chi connectivity index (χ1v) is 4.98. The zero-order valence-corrected chi connectivity index (χ0v) is 10.4. The van der Waals surface area contributed by atoms with E-state index in [1.54, 1.807) is 27.7 Å². The molecule has 116 valence electrons. The van der Waals surface area contributed by atoms with Gasteiger partial charge in [0.15, 0.2) is 0 Å². The maximum Gasteiger partial charge on any atom is 0.305 e. The molecule has 0 heterocycles. The molecule has 0 unspecified atom stereocenters. The van der Waals surface area contributed by atoms with E-state index in [1.165, 1.54) is 0 Å². The molecule has 0 aromatic carbocycles. The molecule has 0 aromatic heterocycles. The van der Waals surface area contributed by atoms with E-state index in [0.29, 0.717) is 13.0 Å². The Labute approximate surface area is 111 Å². The minimum Gasteiger partial charge on any atom is -0.481 e. The zero-order chi connectivity index (χ0) is 12.7. The summed E-state index contributed by atoms with van der Waals surface area (Å²) in [5, 5.41) is 15.3. The molecule has 0 aliphatic heterocycles. The van der Waals surface area contributed by atoms with E-state index in [0.717, 1.165) is 0 Å². The van der Waals surface area contributed by atoms with Crippen LogP contribution in [0.4, 0.5) is 0 Å². The number of carboxylic acid groups (broad SMARTS) is 1. The highest BCUT2D eigenvalue weighted by Crippen LogP contribution is 1.80. The quantitative estimate of drug-likeness (QED) is 0.761. The van der Waals surface area contributed by atoms with Crippen molar-refractivity contribution in [1.82, 2.24) is 0 Å². The van der Waals surface area contributed by atoms with Crippen molar-refractivity contribution >= 4 is 11.9 Å². The van der Waals surface area contributed by atoms with Gasteiger partial charge in [-0.15, -0.1) is 0 Å². The van der Waals surface area contributed by atoms with Gasteiger partial charge in [-0.05, 0) is 13.8 Å². The standard InChI is InChI=1S/C5H10O2.C3H6O2.C2H6O.2CH4.H2O/c1-3-5(6)7-4-2;1-2-3(4)5;1-2-3;;;/h3-4H2,1-2H3;2H2,1H3,(H,4,5);3H,2H2,1H3;2*1H4;1H2. The molecule has 0 fully saturated rings. The maximum atomic E-state index is 10.2. The maximum absolute atomic E-state index is 10.2. The van der Waals surface area contributed by atoms with Gasteiger partial charge in [-0.3, -0.25) is 9.59 Å². The summed E-state index contributed by atoms with van der Waals surface area (Å²) in [7, 11) is 0. The van der Waals surface area contributed by atoms with Crippen LogP contribution in [0.3, 0.4) is 0 Å². The summed E-state index contributed by atoms with van der Waals surface area (Å²) < 4.78 is 4.55. The number of aliphatic carboxylic acids is 1. The van der Waals surface area contributed by atoms with Crippen LogP contribution in [-0.4, -0.2) is 40.8 Å². The smallest absolute Gasteiger partial charge is 0.305 e. The van der Waals surface area contributed by atoms with Crippen LogP contribution in [0.25, 0.3) is 0 Å². The minimum absolute atomic E-state index is 0. The third kappa shape index (κ3) is 83.1. The molecule has 0 saturated heterocycles. The molecule has 6 heteroatoms. The molecule has 18 heavy (non-hydrogen) atoms. The molecule has 4 N–H and O–H groups in total. The number of hydrogen-bond donors (Lipinski definition) is 2. The number of rotatable bonds is 3. The molecular weight excluding hydrogens is 240 g/mol. The third-order valence-corrected chi connectivity index (χ3v) is 0.896. The Kier molecular flexibility index (Phi) is 72.0. The Bertz CT molecular complexity index is 148. The summed E-state index contributed by atoms with van der Waals surface area (Å²) >= 11 is 0. The predicted molar refractivity (Wildman–Crippen MR) is 74.7 cm³/mol. The van der Waals surface area contributed by atoms with Gasteiger partial charge in [0.2, 0.25) is 0 Å². The van der Waals surface area contributed by atoms with E-state index in [4.69, 9.17) is 10.2 Å². The molecule has 0 amide bonds. The Morgan fingerprint density at radius 2 is 1.28 bits per heavy atom. The summed E-state index contributed by atoms with van der Waals surface area (Å²) in [6, 6.07) is 0. The number of carbonyl (C=O) groups excluding carboxylic acids is 1. The molecule has 0 radical (unpaired) electrons. The average Bonchev–Trinajstić information content (AvgIpc) is 2.20. The fraction of sp³-hybridized carbons (Fsp3) is 0.833. The van der Waals surface area contributed by atoms with Crippen molar-refractivity contribution in [2.24, 2.45) is 0 Å². The Morgan fingerprint density at radius 1 is 1.00 bits per heavy atom. The van der Waals surface area contributed by atoms with Crippen LogP contribution in [0.5, 0.6) is 0 Å². The van der Waals surface area contributed by atoms with Gasteiger partial charge in [0, 0.05) is 19.4 Å². The lowest BCUT2D eigenvalue weighted by Gasteiger charge is -1.93. The first-order chi connectivity index (χ1) is 6.99. The summed E-state index contributed by atoms with van der Waals surface area (Å²) in [4.78, 5) is 19.6. The van der Waals surface area contributed by atoms with Crippen LogP contribution in [0.2, 0.25) is 0 Å². The van der Waals surface area contributed by atoms with Crippen LogP contribution in [0.1, 0.15) is 55.4 Å². The van der Waals surface area contributed by atoms with Crippen molar-refractivity contribution in [3.05, 3.63) is 0 Å². The Hall–Kier alpha value is -1.14. The van der Waals surface area contributed by atoms with Crippen molar-refractivity contribution in [2.45, 2.75) is 55.4 Å². The fourth-order valence-corrected chi connectivity index (χ4v) is 0.263. The lowest BCUT2D eigenvalue weighted by molar-refractivity contribution is -0.142. The summed E-state index contributed by atoms with van der Waals surface area (Å²) in [5.41, 5.74) is 0. The van der Waals surface area contributed by atoms with Crippen molar-refractivity contribution in [1.29, 1.82) is 0 Å². The first kappa shape index (κ1) is 36.0. The molecule has 0 aliphatic rings. The van der Waals surface area contributed by atoms with Crippen LogP contribution < -0.4 is 0 Å². The summed E-state index contributed by atoms with van der Waals surface area (Å²) in [5.74, 6) is -0.868. The van der Waals surface area contributed by atoms with Gasteiger partial charge in [-0.1, -0.05) is 28.7 Å². The Balaban J connectivity index is -0.0000000296. The molecule has 0 saturated carbocycles. The van der Waals surface area contributed by atoms with E-state index >= 15 is 0 Å². The molecular formula is C12H32O6. The molecule has 0 atom stereocenters. The molecule has 0 spiro atoms. The first-order valence-electron chi connectivity index (χ1n) is 4.98. The van der Waals surface area contributed by atoms with Gasteiger partial charge in [0.05, 0.1) is 6.61 Å². The molecule has 0 rings (SSSR count). The topological polar surface area (TPSA) is 115 Å². The van der Waals surface area contributed by atoms with Crippen LogP contribution in [0.15, 0.2) is 0 Å². The largest absolute Gasteiger partial charge is 0.481 e. The number of carbonyl (C=O) groups is 2. The van der Waals surface area contributed by atoms with Gasteiger partial charge in [0.25, 0.3) is 0 Å². The van der Waals surface area contributed by atoms with E-state index in [9.17, 15) is 9.59 Å². The van der Waals surface area contributed by atoms with Crippen LogP contribution in [0, 0.1) is 0 Å². The number of aliphatic hydroxyl groups excluding tert-OH is 1. The van der Waals surface area contributed by atoms with Gasteiger partial charge >= 0.3 is 11.9 Å². The van der Waals surface area contributed by atoms with Crippen molar-refractivity contribution in [3.63, 3.8) is 0 Å². The predicted octanol–water partition coefficient (Wildman–Crippen LogP) is 1.89. The SMILES string of the molecule is C.C.CCC(=O)O.CCO.CCOC(=O)CC.O. The number of carboxylic acids is 1. The fourth-order valence-electron chi connectivity index (χ4n) is 0.263. The molecule has 6 nitrogen and oxygen atoms in total. The van der Waals surface area contributed by atoms with Gasteiger partial charge < -0.3 is 20.4 Å².